The number of imide groups is 1. The molecule has 3 amide bonds. The van der Waals surface area contributed by atoms with Gasteiger partial charge in [0.15, 0.2) is 0 Å². The lowest BCUT2D eigenvalue weighted by Gasteiger charge is -2.16. The maximum absolute atomic E-state index is 13.0. The van der Waals surface area contributed by atoms with E-state index in [1.807, 2.05) is 19.1 Å². The second kappa shape index (κ2) is 8.47. The average Bonchev–Trinajstić information content (AvgIpc) is 3.35. The zero-order valence-corrected chi connectivity index (χ0v) is 18.2. The Bertz CT molecular complexity index is 1330. The molecule has 3 aromatic carbocycles. The summed E-state index contributed by atoms with van der Waals surface area (Å²) in [6, 6.07) is 18.3. The standard InChI is InChI=1S/C26H20N2O6/c1-15-4-2-3-5-22(15)28-23(29)20-11-8-17(13-21(20)24(28)30)25(31)34-19-9-6-16(7-10-19)12-18-14-33-26(32)27-18/h2-11,13,18H,12,14H2,1H3,(H,27,32)/t18-/m1/s1. The summed E-state index contributed by atoms with van der Waals surface area (Å²) >= 11 is 0. The number of alkyl carbamates (subject to hydrolysis) is 1. The van der Waals surface area contributed by atoms with Crippen LogP contribution in [0.3, 0.4) is 0 Å². The van der Waals surface area contributed by atoms with Crippen LogP contribution in [-0.4, -0.2) is 36.5 Å². The van der Waals surface area contributed by atoms with E-state index >= 15 is 0 Å². The number of carbonyl (C=O) groups excluding carboxylic acids is 4. The third-order valence-corrected chi connectivity index (χ3v) is 5.83. The third-order valence-electron chi connectivity index (χ3n) is 5.83. The number of para-hydroxylation sites is 1. The van der Waals surface area contributed by atoms with E-state index in [0.717, 1.165) is 16.0 Å². The minimum absolute atomic E-state index is 0.0909. The lowest BCUT2D eigenvalue weighted by atomic mass is 10.1. The van der Waals surface area contributed by atoms with Gasteiger partial charge in [-0.15, -0.1) is 0 Å². The molecule has 0 aromatic heterocycles. The van der Waals surface area contributed by atoms with Crippen molar-refractivity contribution in [1.82, 2.24) is 5.32 Å². The van der Waals surface area contributed by atoms with Gasteiger partial charge in [-0.05, 0) is 60.9 Å². The molecule has 2 heterocycles. The first-order chi connectivity index (χ1) is 16.4. The molecule has 1 N–H and O–H groups in total. The first kappa shape index (κ1) is 21.4. The molecule has 0 spiro atoms. The van der Waals surface area contributed by atoms with Gasteiger partial charge in [0.2, 0.25) is 0 Å². The maximum Gasteiger partial charge on any atom is 0.407 e. The number of anilines is 1. The van der Waals surface area contributed by atoms with E-state index in [1.54, 1.807) is 36.4 Å². The molecule has 1 fully saturated rings. The molecule has 2 aliphatic heterocycles. The lowest BCUT2D eigenvalue weighted by Crippen LogP contribution is -2.29. The highest BCUT2D eigenvalue weighted by Crippen LogP contribution is 2.31. The van der Waals surface area contributed by atoms with Crippen LogP contribution < -0.4 is 15.0 Å². The van der Waals surface area contributed by atoms with Gasteiger partial charge in [-0.3, -0.25) is 9.59 Å². The maximum atomic E-state index is 13.0. The highest BCUT2D eigenvalue weighted by Gasteiger charge is 2.37. The Hall–Kier alpha value is -4.46. The van der Waals surface area contributed by atoms with Crippen molar-refractivity contribution in [3.8, 4) is 5.75 Å². The predicted octanol–water partition coefficient (Wildman–Crippen LogP) is 3.67. The Kier molecular flexibility index (Phi) is 5.33. The van der Waals surface area contributed by atoms with Crippen LogP contribution in [-0.2, 0) is 11.2 Å². The van der Waals surface area contributed by atoms with Crippen molar-refractivity contribution in [3.63, 3.8) is 0 Å². The van der Waals surface area contributed by atoms with Crippen molar-refractivity contribution in [3.05, 3.63) is 94.5 Å². The Morgan fingerprint density at radius 2 is 1.74 bits per heavy atom. The molecule has 0 unspecified atom stereocenters. The predicted molar refractivity (Wildman–Crippen MR) is 122 cm³/mol. The summed E-state index contributed by atoms with van der Waals surface area (Å²) in [5.41, 5.74) is 2.84. The van der Waals surface area contributed by atoms with Crippen LogP contribution in [0.5, 0.6) is 5.75 Å². The van der Waals surface area contributed by atoms with Crippen molar-refractivity contribution < 1.29 is 28.7 Å². The summed E-state index contributed by atoms with van der Waals surface area (Å²) < 4.78 is 10.3. The monoisotopic (exact) mass is 456 g/mol. The fourth-order valence-corrected chi connectivity index (χ4v) is 4.08. The van der Waals surface area contributed by atoms with Crippen molar-refractivity contribution in [2.24, 2.45) is 0 Å². The van der Waals surface area contributed by atoms with E-state index in [1.165, 1.54) is 18.2 Å². The number of amides is 3. The van der Waals surface area contributed by atoms with Crippen LogP contribution in [0.4, 0.5) is 10.5 Å². The minimum Gasteiger partial charge on any atom is -0.447 e. The van der Waals surface area contributed by atoms with Crippen molar-refractivity contribution in [1.29, 1.82) is 0 Å². The molecule has 0 aliphatic carbocycles. The quantitative estimate of drug-likeness (QED) is 0.357. The molecule has 3 aromatic rings. The number of rotatable bonds is 5. The van der Waals surface area contributed by atoms with Crippen LogP contribution in [0.1, 0.15) is 42.2 Å². The second-order valence-corrected chi connectivity index (χ2v) is 8.17. The Morgan fingerprint density at radius 3 is 2.44 bits per heavy atom. The molecule has 2 aliphatic rings. The number of hydrogen-bond acceptors (Lipinski definition) is 6. The number of carbonyl (C=O) groups is 4. The minimum atomic E-state index is -0.637. The molecule has 5 rings (SSSR count). The zero-order valence-electron chi connectivity index (χ0n) is 18.2. The van der Waals surface area contributed by atoms with E-state index in [-0.39, 0.29) is 22.7 Å². The first-order valence-corrected chi connectivity index (χ1v) is 10.7. The van der Waals surface area contributed by atoms with Crippen molar-refractivity contribution in [2.75, 3.05) is 11.5 Å². The summed E-state index contributed by atoms with van der Waals surface area (Å²) in [6.07, 6.45) is 0.172. The lowest BCUT2D eigenvalue weighted by molar-refractivity contribution is 0.0734. The van der Waals surface area contributed by atoms with Gasteiger partial charge in [0, 0.05) is 0 Å². The van der Waals surface area contributed by atoms with Gasteiger partial charge in [0.05, 0.1) is 28.4 Å². The van der Waals surface area contributed by atoms with Crippen LogP contribution >= 0.6 is 0 Å². The number of aryl methyl sites for hydroxylation is 1. The normalized spacial score (nSPS) is 16.8. The van der Waals surface area contributed by atoms with Gasteiger partial charge < -0.3 is 14.8 Å². The zero-order chi connectivity index (χ0) is 23.8. The molecule has 8 heteroatoms. The molecule has 1 atom stereocenters. The number of hydrogen-bond donors (Lipinski definition) is 1. The molecule has 8 nitrogen and oxygen atoms in total. The van der Waals surface area contributed by atoms with E-state index in [2.05, 4.69) is 5.32 Å². The fraction of sp³-hybridized carbons (Fsp3) is 0.154. The fourth-order valence-electron chi connectivity index (χ4n) is 4.08. The Balaban J connectivity index is 1.30. The SMILES string of the molecule is Cc1ccccc1N1C(=O)c2ccc(C(=O)Oc3ccc(C[C@@H]4COC(=O)N4)cc3)cc2C1=O. The summed E-state index contributed by atoms with van der Waals surface area (Å²) in [7, 11) is 0. The molecule has 0 saturated carbocycles. The summed E-state index contributed by atoms with van der Waals surface area (Å²) in [5, 5.41) is 2.71. The van der Waals surface area contributed by atoms with Gasteiger partial charge in [0.25, 0.3) is 11.8 Å². The van der Waals surface area contributed by atoms with E-state index in [0.29, 0.717) is 24.5 Å². The molecular formula is C26H20N2O6. The molecule has 0 bridgehead atoms. The molecule has 34 heavy (non-hydrogen) atoms. The van der Waals surface area contributed by atoms with Crippen LogP contribution in [0, 0.1) is 6.92 Å². The van der Waals surface area contributed by atoms with Gasteiger partial charge in [0.1, 0.15) is 12.4 Å². The van der Waals surface area contributed by atoms with E-state index in [4.69, 9.17) is 9.47 Å². The van der Waals surface area contributed by atoms with Crippen LogP contribution in [0.25, 0.3) is 0 Å². The topological polar surface area (TPSA) is 102 Å². The number of benzene rings is 3. The van der Waals surface area contributed by atoms with Crippen LogP contribution in [0.2, 0.25) is 0 Å². The number of fused-ring (bicyclic) bond motifs is 1. The highest BCUT2D eigenvalue weighted by molar-refractivity contribution is 6.34. The number of nitrogens with zero attached hydrogens (tertiary/aromatic N) is 1. The molecule has 1 saturated heterocycles. The van der Waals surface area contributed by atoms with Gasteiger partial charge in [-0.25, -0.2) is 14.5 Å². The molecular weight excluding hydrogens is 436 g/mol. The Morgan fingerprint density at radius 1 is 1.00 bits per heavy atom. The van der Waals surface area contributed by atoms with Gasteiger partial charge >= 0.3 is 12.1 Å². The van der Waals surface area contributed by atoms with Crippen molar-refractivity contribution >= 4 is 29.6 Å². The van der Waals surface area contributed by atoms with E-state index < -0.39 is 23.9 Å². The average molecular weight is 456 g/mol. The number of cyclic esters (lactones) is 1. The van der Waals surface area contributed by atoms with Crippen LogP contribution in [0.15, 0.2) is 66.7 Å². The summed E-state index contributed by atoms with van der Waals surface area (Å²) in [6.45, 7) is 2.14. The smallest absolute Gasteiger partial charge is 0.407 e. The van der Waals surface area contributed by atoms with Crippen molar-refractivity contribution in [2.45, 2.75) is 19.4 Å². The number of esters is 1. The van der Waals surface area contributed by atoms with E-state index in [9.17, 15) is 19.2 Å². The first-order valence-electron chi connectivity index (χ1n) is 10.7. The molecule has 0 radical (unpaired) electrons. The summed E-state index contributed by atoms with van der Waals surface area (Å²) in [4.78, 5) is 50.9. The summed E-state index contributed by atoms with van der Waals surface area (Å²) in [5.74, 6) is -1.20. The van der Waals surface area contributed by atoms with Gasteiger partial charge in [-0.1, -0.05) is 30.3 Å². The largest absolute Gasteiger partial charge is 0.447 e. The third kappa shape index (κ3) is 3.90. The number of nitrogens with one attached hydrogen (secondary N) is 1. The number of ether oxygens (including phenoxy) is 2. The second-order valence-electron chi connectivity index (χ2n) is 8.17. The molecule has 170 valence electrons. The Labute approximate surface area is 195 Å². The highest BCUT2D eigenvalue weighted by atomic mass is 16.6. The van der Waals surface area contributed by atoms with Gasteiger partial charge in [-0.2, -0.15) is 0 Å².